The number of piperidine rings is 1. The summed E-state index contributed by atoms with van der Waals surface area (Å²) in [6, 6.07) is 14.8. The van der Waals surface area contributed by atoms with E-state index in [1.54, 1.807) is 31.4 Å². The van der Waals surface area contributed by atoms with Gasteiger partial charge in [-0.15, -0.1) is 0 Å². The molecule has 2 aromatic rings. The zero-order valence-corrected chi connectivity index (χ0v) is 18.0. The lowest BCUT2D eigenvalue weighted by Gasteiger charge is -2.40. The van der Waals surface area contributed by atoms with Gasteiger partial charge in [0.15, 0.2) is 0 Å². The Labute approximate surface area is 182 Å². The van der Waals surface area contributed by atoms with Crippen LogP contribution >= 0.6 is 0 Å². The number of carbonyl (C=O) groups is 1. The number of benzene rings is 2. The Morgan fingerprint density at radius 3 is 2.19 bits per heavy atom. The van der Waals surface area contributed by atoms with E-state index in [1.165, 1.54) is 0 Å². The van der Waals surface area contributed by atoms with E-state index in [2.05, 4.69) is 5.10 Å². The number of methoxy groups -OCH3 is 1. The Morgan fingerprint density at radius 1 is 1.06 bits per heavy atom. The molecule has 31 heavy (non-hydrogen) atoms. The molecule has 2 aromatic carbocycles. The van der Waals surface area contributed by atoms with Gasteiger partial charge in [-0.05, 0) is 67.8 Å². The largest absolute Gasteiger partial charge is 0.497 e. The number of likely N-dealkylation sites (tertiary alicyclic amines) is 1. The molecular formula is C24H29N3O4. The van der Waals surface area contributed by atoms with Gasteiger partial charge in [0.1, 0.15) is 17.2 Å². The Hall–Kier alpha value is -3.06. The van der Waals surface area contributed by atoms with Gasteiger partial charge in [-0.2, -0.15) is 5.10 Å². The van der Waals surface area contributed by atoms with Crippen LogP contribution in [0.3, 0.4) is 0 Å². The van der Waals surface area contributed by atoms with Crippen molar-refractivity contribution in [2.45, 2.75) is 37.3 Å². The normalized spacial score (nSPS) is 20.0. The summed E-state index contributed by atoms with van der Waals surface area (Å²) in [7, 11) is 3.57. The summed E-state index contributed by atoms with van der Waals surface area (Å²) in [5.41, 5.74) is -0.115. The van der Waals surface area contributed by atoms with Crippen LogP contribution in [0.15, 0.2) is 53.6 Å². The molecule has 0 saturated carbocycles. The van der Waals surface area contributed by atoms with Crippen LogP contribution in [0.4, 0.5) is 0 Å². The molecule has 1 N–H and O–H groups in total. The smallest absolute Gasteiger partial charge is 0.253 e. The fraction of sp³-hybridized carbons (Fsp3) is 0.417. The molecule has 0 radical (unpaired) electrons. The number of hydrogen-bond acceptors (Lipinski definition) is 6. The number of amides is 1. The summed E-state index contributed by atoms with van der Waals surface area (Å²) in [5.74, 6) is 2.12. The summed E-state index contributed by atoms with van der Waals surface area (Å²) in [5, 5.41) is 17.2. The van der Waals surface area contributed by atoms with E-state index in [-0.39, 0.29) is 11.9 Å². The number of hydrogen-bond donors (Lipinski definition) is 1. The van der Waals surface area contributed by atoms with Crippen molar-refractivity contribution in [1.82, 2.24) is 9.91 Å². The summed E-state index contributed by atoms with van der Waals surface area (Å²) in [6.45, 7) is 1.10. The van der Waals surface area contributed by atoms with Gasteiger partial charge in [0.05, 0.1) is 18.8 Å². The lowest BCUT2D eigenvalue weighted by molar-refractivity contribution is -0.0368. The first kappa shape index (κ1) is 21.2. The van der Waals surface area contributed by atoms with Crippen LogP contribution in [0.5, 0.6) is 17.2 Å². The van der Waals surface area contributed by atoms with Crippen LogP contribution in [0.1, 0.15) is 36.0 Å². The molecule has 1 fully saturated rings. The summed E-state index contributed by atoms with van der Waals surface area (Å²) >= 11 is 0. The second-order valence-electron chi connectivity index (χ2n) is 8.28. The fourth-order valence-corrected chi connectivity index (χ4v) is 4.16. The van der Waals surface area contributed by atoms with Crippen molar-refractivity contribution < 1.29 is 19.4 Å². The highest BCUT2D eigenvalue weighted by Gasteiger charge is 2.37. The van der Waals surface area contributed by atoms with Crippen molar-refractivity contribution in [3.05, 3.63) is 54.1 Å². The van der Waals surface area contributed by atoms with E-state index in [9.17, 15) is 9.90 Å². The van der Waals surface area contributed by atoms with Crippen molar-refractivity contribution in [3.8, 4) is 17.2 Å². The molecule has 7 heteroatoms. The maximum Gasteiger partial charge on any atom is 0.253 e. The third-order valence-corrected chi connectivity index (χ3v) is 6.16. The van der Waals surface area contributed by atoms with Gasteiger partial charge in [0, 0.05) is 38.3 Å². The van der Waals surface area contributed by atoms with Gasteiger partial charge in [-0.25, -0.2) is 0 Å². The van der Waals surface area contributed by atoms with Gasteiger partial charge in [-0.1, -0.05) is 0 Å². The van der Waals surface area contributed by atoms with E-state index in [0.29, 0.717) is 49.4 Å². The molecule has 7 nitrogen and oxygen atoms in total. The van der Waals surface area contributed by atoms with E-state index >= 15 is 0 Å². The highest BCUT2D eigenvalue weighted by Crippen LogP contribution is 2.31. The van der Waals surface area contributed by atoms with Gasteiger partial charge >= 0.3 is 0 Å². The molecule has 1 saturated heterocycles. The Kier molecular flexibility index (Phi) is 6.13. The average Bonchev–Trinajstić information content (AvgIpc) is 3.18. The van der Waals surface area contributed by atoms with Crippen LogP contribution in [-0.4, -0.2) is 66.0 Å². The van der Waals surface area contributed by atoms with Crippen LogP contribution in [0, 0.1) is 0 Å². The van der Waals surface area contributed by atoms with Gasteiger partial charge in [-0.3, -0.25) is 9.80 Å². The second-order valence-corrected chi connectivity index (χ2v) is 8.28. The molecule has 1 amide bonds. The minimum Gasteiger partial charge on any atom is -0.497 e. The molecule has 4 rings (SSSR count). The molecule has 2 heterocycles. The van der Waals surface area contributed by atoms with E-state index in [4.69, 9.17) is 9.47 Å². The quantitative estimate of drug-likeness (QED) is 0.769. The molecule has 0 bridgehead atoms. The van der Waals surface area contributed by atoms with Crippen molar-refractivity contribution in [2.75, 3.05) is 27.2 Å². The fourth-order valence-electron chi connectivity index (χ4n) is 4.16. The van der Waals surface area contributed by atoms with E-state index < -0.39 is 5.60 Å². The maximum absolute atomic E-state index is 12.9. The Bertz CT molecular complexity index is 919. The maximum atomic E-state index is 12.9. The number of ether oxygens (including phenoxy) is 2. The minimum atomic E-state index is -0.737. The predicted octanol–water partition coefficient (Wildman–Crippen LogP) is 3.53. The number of hydrazone groups is 1. The molecule has 0 aromatic heterocycles. The molecule has 0 spiro atoms. The molecule has 2 aliphatic rings. The number of nitrogens with zero attached hydrogens (tertiary/aromatic N) is 3. The third kappa shape index (κ3) is 4.99. The minimum absolute atomic E-state index is 0.0145. The lowest BCUT2D eigenvalue weighted by atomic mass is 9.84. The number of rotatable bonds is 6. The zero-order chi connectivity index (χ0) is 21.8. The van der Waals surface area contributed by atoms with Crippen molar-refractivity contribution >= 4 is 12.1 Å². The lowest BCUT2D eigenvalue weighted by Crippen LogP contribution is -2.49. The first-order chi connectivity index (χ1) is 15.0. The van der Waals surface area contributed by atoms with Gasteiger partial charge < -0.3 is 19.5 Å². The predicted molar refractivity (Wildman–Crippen MR) is 119 cm³/mol. The van der Waals surface area contributed by atoms with Gasteiger partial charge in [0.2, 0.25) is 0 Å². The summed E-state index contributed by atoms with van der Waals surface area (Å²) in [6.07, 6.45) is 4.62. The average molecular weight is 424 g/mol. The molecule has 164 valence electrons. The topological polar surface area (TPSA) is 74.6 Å². The monoisotopic (exact) mass is 423 g/mol. The van der Waals surface area contributed by atoms with Crippen molar-refractivity contribution in [2.24, 2.45) is 5.10 Å². The zero-order valence-electron chi connectivity index (χ0n) is 18.0. The number of carbonyl (C=O) groups excluding carboxylic acids is 1. The van der Waals surface area contributed by atoms with Gasteiger partial charge in [0.25, 0.3) is 5.91 Å². The molecule has 1 atom stereocenters. The third-order valence-electron chi connectivity index (χ3n) is 6.16. The highest BCUT2D eigenvalue weighted by molar-refractivity contribution is 5.94. The number of aliphatic hydroxyl groups is 1. The Morgan fingerprint density at radius 2 is 1.65 bits per heavy atom. The molecule has 1 unspecified atom stereocenters. The van der Waals surface area contributed by atoms with E-state index in [1.807, 2.05) is 47.4 Å². The van der Waals surface area contributed by atoms with E-state index in [0.717, 1.165) is 12.2 Å². The molecule has 2 aliphatic heterocycles. The molecule has 0 aliphatic carbocycles. The van der Waals surface area contributed by atoms with Crippen LogP contribution in [0.2, 0.25) is 0 Å². The highest BCUT2D eigenvalue weighted by atomic mass is 16.5. The van der Waals surface area contributed by atoms with Crippen LogP contribution < -0.4 is 9.47 Å². The molecular weight excluding hydrogens is 394 g/mol. The first-order valence-corrected chi connectivity index (χ1v) is 10.6. The van der Waals surface area contributed by atoms with Crippen LogP contribution in [-0.2, 0) is 0 Å². The van der Waals surface area contributed by atoms with Crippen molar-refractivity contribution in [1.29, 1.82) is 0 Å². The summed E-state index contributed by atoms with van der Waals surface area (Å²) in [4.78, 5) is 14.7. The summed E-state index contributed by atoms with van der Waals surface area (Å²) < 4.78 is 11.0. The standard InChI is InChI=1S/C24H29N3O4/c1-26-19(11-14-25-26)17-24(29)12-15-27(16-13-24)23(28)18-3-5-21(6-4-18)31-22-9-7-20(30-2)8-10-22/h3-10,14,19,29H,11-13,15-17H2,1-2H3. The van der Waals surface area contributed by atoms with Crippen molar-refractivity contribution in [3.63, 3.8) is 0 Å². The second kappa shape index (κ2) is 8.98. The Balaban J connectivity index is 1.31. The SMILES string of the molecule is COc1ccc(Oc2ccc(C(=O)N3CCC(O)(CC4CC=NN4C)CC3)cc2)cc1. The van der Waals surface area contributed by atoms with Crippen LogP contribution in [0.25, 0.3) is 0 Å². The first-order valence-electron chi connectivity index (χ1n) is 10.6.